The molecule has 0 aliphatic carbocycles. The molecule has 196 valence electrons. The first-order valence-corrected chi connectivity index (χ1v) is 13.0. The number of anilines is 1. The first kappa shape index (κ1) is 27.1. The minimum atomic E-state index is -0.792. The summed E-state index contributed by atoms with van der Waals surface area (Å²) in [6, 6.07) is 22.2. The van der Waals surface area contributed by atoms with Gasteiger partial charge in [-0.15, -0.1) is 0 Å². The number of hydrogen-bond donors (Lipinski definition) is 2. The molecule has 1 fully saturated rings. The number of hydrogen-bond acceptors (Lipinski definition) is 5. The van der Waals surface area contributed by atoms with Crippen LogP contribution in [0.25, 0.3) is 0 Å². The van der Waals surface area contributed by atoms with Crippen LogP contribution in [0.3, 0.4) is 0 Å². The van der Waals surface area contributed by atoms with Crippen LogP contribution < -0.4 is 10.7 Å². The number of benzene rings is 3. The third-order valence-electron chi connectivity index (χ3n) is 6.30. The SMILES string of the molecule is Cc1cc(NC(=O)COC(=O)[C@H]2CC(=O)N(NC(=O)C(c3ccccc3)c3ccccc3)C2)cc(C)c1Br. The summed E-state index contributed by atoms with van der Waals surface area (Å²) in [7, 11) is 0. The van der Waals surface area contributed by atoms with E-state index in [1.807, 2.05) is 86.6 Å². The minimum Gasteiger partial charge on any atom is -0.455 e. The van der Waals surface area contributed by atoms with Gasteiger partial charge in [-0.25, -0.2) is 0 Å². The number of halogens is 1. The summed E-state index contributed by atoms with van der Waals surface area (Å²) >= 11 is 3.48. The van der Waals surface area contributed by atoms with Crippen LogP contribution in [-0.4, -0.2) is 41.9 Å². The van der Waals surface area contributed by atoms with Gasteiger partial charge < -0.3 is 10.1 Å². The van der Waals surface area contributed by atoms with E-state index in [2.05, 4.69) is 26.7 Å². The molecule has 3 aromatic rings. The maximum Gasteiger partial charge on any atom is 0.311 e. The van der Waals surface area contributed by atoms with Gasteiger partial charge in [-0.05, 0) is 48.2 Å². The van der Waals surface area contributed by atoms with Crippen molar-refractivity contribution < 1.29 is 23.9 Å². The number of esters is 1. The molecule has 4 rings (SSSR count). The van der Waals surface area contributed by atoms with Gasteiger partial charge in [0.1, 0.15) is 0 Å². The van der Waals surface area contributed by atoms with Gasteiger partial charge in [0.2, 0.25) is 5.91 Å². The summed E-state index contributed by atoms with van der Waals surface area (Å²) in [6.45, 7) is 3.31. The van der Waals surface area contributed by atoms with E-state index in [1.165, 1.54) is 0 Å². The monoisotopic (exact) mass is 577 g/mol. The van der Waals surface area contributed by atoms with E-state index in [0.29, 0.717) is 5.69 Å². The highest BCUT2D eigenvalue weighted by molar-refractivity contribution is 9.10. The summed E-state index contributed by atoms with van der Waals surface area (Å²) in [5.74, 6) is -3.36. The average molecular weight is 578 g/mol. The lowest BCUT2D eigenvalue weighted by Crippen LogP contribution is -2.45. The highest BCUT2D eigenvalue weighted by Crippen LogP contribution is 2.27. The number of amides is 3. The standard InChI is InChI=1S/C29H28BrN3O5/c1-18-13-23(14-19(2)27(18)30)31-24(34)17-38-29(37)22-15-25(35)33(16-22)32-28(36)26(20-9-5-3-6-10-20)21-11-7-4-8-12-21/h3-14,22,26H,15-17H2,1-2H3,(H,31,34)(H,32,36)/t22-/m0/s1. The second-order valence-electron chi connectivity index (χ2n) is 9.22. The lowest BCUT2D eigenvalue weighted by atomic mass is 9.91. The van der Waals surface area contributed by atoms with Crippen LogP contribution in [-0.2, 0) is 23.9 Å². The number of nitrogens with one attached hydrogen (secondary N) is 2. The van der Waals surface area contributed by atoms with Crippen molar-refractivity contribution in [3.05, 3.63) is 99.5 Å². The maximum atomic E-state index is 13.3. The van der Waals surface area contributed by atoms with Crippen LogP contribution in [0.4, 0.5) is 5.69 Å². The van der Waals surface area contributed by atoms with Gasteiger partial charge in [0.05, 0.1) is 18.4 Å². The Bertz CT molecular complexity index is 1280. The summed E-state index contributed by atoms with van der Waals surface area (Å²) in [5, 5.41) is 3.87. The van der Waals surface area contributed by atoms with Crippen LogP contribution in [0.1, 0.15) is 34.6 Å². The molecule has 38 heavy (non-hydrogen) atoms. The van der Waals surface area contributed by atoms with Crippen molar-refractivity contribution in [3.63, 3.8) is 0 Å². The smallest absolute Gasteiger partial charge is 0.311 e. The Balaban J connectivity index is 1.34. The molecule has 1 atom stereocenters. The highest BCUT2D eigenvalue weighted by atomic mass is 79.9. The van der Waals surface area contributed by atoms with Crippen molar-refractivity contribution in [3.8, 4) is 0 Å². The van der Waals surface area contributed by atoms with Gasteiger partial charge >= 0.3 is 5.97 Å². The Morgan fingerprint density at radius 2 is 1.53 bits per heavy atom. The molecule has 1 aliphatic rings. The zero-order valence-electron chi connectivity index (χ0n) is 21.1. The number of nitrogens with zero attached hydrogens (tertiary/aromatic N) is 1. The fourth-order valence-electron chi connectivity index (χ4n) is 4.43. The lowest BCUT2D eigenvalue weighted by molar-refractivity contribution is -0.151. The molecule has 0 spiro atoms. The first-order chi connectivity index (χ1) is 18.2. The Morgan fingerprint density at radius 1 is 0.974 bits per heavy atom. The fraction of sp³-hybridized carbons (Fsp3) is 0.241. The van der Waals surface area contributed by atoms with E-state index in [9.17, 15) is 19.2 Å². The van der Waals surface area contributed by atoms with E-state index in [4.69, 9.17) is 4.74 Å². The number of hydrazine groups is 1. The lowest BCUT2D eigenvalue weighted by Gasteiger charge is -2.23. The fourth-order valence-corrected chi connectivity index (χ4v) is 4.66. The number of ether oxygens (including phenoxy) is 1. The van der Waals surface area contributed by atoms with Crippen LogP contribution in [0, 0.1) is 19.8 Å². The van der Waals surface area contributed by atoms with Crippen LogP contribution >= 0.6 is 15.9 Å². The number of carbonyl (C=O) groups is 4. The molecule has 2 N–H and O–H groups in total. The van der Waals surface area contributed by atoms with Crippen LogP contribution in [0.5, 0.6) is 0 Å². The molecular weight excluding hydrogens is 550 g/mol. The molecule has 9 heteroatoms. The minimum absolute atomic E-state index is 0.0353. The third kappa shape index (κ3) is 6.47. The Hall–Kier alpha value is -3.98. The molecule has 0 radical (unpaired) electrons. The van der Waals surface area contributed by atoms with Gasteiger partial charge in [0.15, 0.2) is 6.61 Å². The van der Waals surface area contributed by atoms with Crippen molar-refractivity contribution in [2.75, 3.05) is 18.5 Å². The molecule has 0 saturated carbocycles. The summed E-state index contributed by atoms with van der Waals surface area (Å²) in [5.41, 5.74) is 6.76. The summed E-state index contributed by atoms with van der Waals surface area (Å²) in [6.07, 6.45) is -0.118. The maximum absolute atomic E-state index is 13.3. The van der Waals surface area contributed by atoms with Crippen molar-refractivity contribution in [1.29, 1.82) is 0 Å². The largest absolute Gasteiger partial charge is 0.455 e. The Morgan fingerprint density at radius 3 is 2.08 bits per heavy atom. The van der Waals surface area contributed by atoms with E-state index in [1.54, 1.807) is 0 Å². The third-order valence-corrected chi connectivity index (χ3v) is 7.55. The van der Waals surface area contributed by atoms with E-state index in [-0.39, 0.29) is 18.9 Å². The summed E-state index contributed by atoms with van der Waals surface area (Å²) in [4.78, 5) is 50.8. The van der Waals surface area contributed by atoms with Crippen LogP contribution in [0.15, 0.2) is 77.3 Å². The normalized spacial score (nSPS) is 14.9. The molecule has 1 heterocycles. The predicted octanol–water partition coefficient (Wildman–Crippen LogP) is 4.26. The molecule has 3 aromatic carbocycles. The van der Waals surface area contributed by atoms with Gasteiger partial charge in [-0.1, -0.05) is 76.6 Å². The highest BCUT2D eigenvalue weighted by Gasteiger charge is 2.37. The van der Waals surface area contributed by atoms with Crippen molar-refractivity contribution in [1.82, 2.24) is 10.4 Å². The van der Waals surface area contributed by atoms with Gasteiger partial charge in [0.25, 0.3) is 11.8 Å². The van der Waals surface area contributed by atoms with Crippen molar-refractivity contribution in [2.24, 2.45) is 5.92 Å². The number of aryl methyl sites for hydroxylation is 2. The summed E-state index contributed by atoms with van der Waals surface area (Å²) < 4.78 is 6.14. The zero-order chi connectivity index (χ0) is 27.2. The molecular formula is C29H28BrN3O5. The zero-order valence-corrected chi connectivity index (χ0v) is 22.7. The average Bonchev–Trinajstić information content (AvgIpc) is 3.27. The Kier molecular flexibility index (Phi) is 8.58. The van der Waals surface area contributed by atoms with Crippen molar-refractivity contribution in [2.45, 2.75) is 26.2 Å². The molecule has 1 aliphatic heterocycles. The van der Waals surface area contributed by atoms with Gasteiger partial charge in [-0.2, -0.15) is 0 Å². The van der Waals surface area contributed by atoms with E-state index < -0.39 is 36.2 Å². The van der Waals surface area contributed by atoms with Gasteiger partial charge in [-0.3, -0.25) is 29.6 Å². The molecule has 0 unspecified atom stereocenters. The Labute approximate surface area is 229 Å². The number of rotatable bonds is 8. The second-order valence-corrected chi connectivity index (χ2v) is 10.0. The molecule has 0 aromatic heterocycles. The van der Waals surface area contributed by atoms with E-state index >= 15 is 0 Å². The molecule has 8 nitrogen and oxygen atoms in total. The predicted molar refractivity (Wildman–Crippen MR) is 146 cm³/mol. The molecule has 3 amide bonds. The van der Waals surface area contributed by atoms with E-state index in [0.717, 1.165) is 31.7 Å². The molecule has 1 saturated heterocycles. The van der Waals surface area contributed by atoms with Crippen molar-refractivity contribution >= 4 is 45.3 Å². The van der Waals surface area contributed by atoms with Gasteiger partial charge in [0, 0.05) is 16.6 Å². The second kappa shape index (κ2) is 12.0. The number of carbonyl (C=O) groups excluding carboxylic acids is 4. The quantitative estimate of drug-likeness (QED) is 0.389. The molecule has 0 bridgehead atoms. The van der Waals surface area contributed by atoms with Crippen LogP contribution in [0.2, 0.25) is 0 Å². The topological polar surface area (TPSA) is 105 Å². The first-order valence-electron chi connectivity index (χ1n) is 12.2.